The van der Waals surface area contributed by atoms with E-state index in [1.54, 1.807) is 0 Å². The number of hydrogen-bond acceptors (Lipinski definition) is 2. The summed E-state index contributed by atoms with van der Waals surface area (Å²) in [6, 6.07) is 3.36. The van der Waals surface area contributed by atoms with Crippen LogP contribution in [0.2, 0.25) is 0 Å². The maximum Gasteiger partial charge on any atom is 0.418 e. The van der Waals surface area contributed by atoms with E-state index in [-0.39, 0.29) is 11.0 Å². The minimum atomic E-state index is -4.56. The van der Waals surface area contributed by atoms with Crippen molar-refractivity contribution in [3.8, 4) is 0 Å². The number of halogens is 3. The van der Waals surface area contributed by atoms with Crippen molar-refractivity contribution in [2.24, 2.45) is 11.3 Å². The van der Waals surface area contributed by atoms with Crippen LogP contribution in [0.25, 0.3) is 0 Å². The number of anilines is 1. The molecule has 1 aromatic carbocycles. The summed E-state index contributed by atoms with van der Waals surface area (Å²) in [5.41, 5.74) is 4.04. The highest BCUT2D eigenvalue weighted by atomic mass is 19.4. The lowest BCUT2D eigenvalue weighted by Gasteiger charge is -2.13. The second-order valence-corrected chi connectivity index (χ2v) is 5.86. The topological polar surface area (TPSA) is 55.1 Å². The third-order valence-electron chi connectivity index (χ3n) is 3.88. The fourth-order valence-corrected chi connectivity index (χ4v) is 2.25. The minimum absolute atomic E-state index is 0.127. The third-order valence-corrected chi connectivity index (χ3v) is 3.88. The summed E-state index contributed by atoms with van der Waals surface area (Å²) in [6.07, 6.45) is -3.55. The zero-order valence-electron chi connectivity index (χ0n) is 11.3. The molecule has 0 heterocycles. The van der Waals surface area contributed by atoms with E-state index in [0.29, 0.717) is 12.5 Å². The van der Waals surface area contributed by atoms with Gasteiger partial charge in [0.15, 0.2) is 0 Å². The molecule has 1 saturated carbocycles. The zero-order valence-corrected chi connectivity index (χ0v) is 11.3. The quantitative estimate of drug-likeness (QED) is 0.839. The van der Waals surface area contributed by atoms with Crippen LogP contribution >= 0.6 is 0 Å². The Morgan fingerprint density at radius 1 is 1.45 bits per heavy atom. The van der Waals surface area contributed by atoms with Crippen LogP contribution in [0.3, 0.4) is 0 Å². The molecule has 1 atom stereocenters. The molecule has 3 nitrogen and oxygen atoms in total. The maximum absolute atomic E-state index is 12.7. The number of para-hydroxylation sites is 1. The normalized spacial score (nSPS) is 20.6. The average molecular weight is 286 g/mol. The number of alkyl halides is 3. The van der Waals surface area contributed by atoms with Gasteiger partial charge in [0.05, 0.1) is 16.8 Å². The van der Waals surface area contributed by atoms with Crippen LogP contribution in [-0.4, -0.2) is 12.5 Å². The number of rotatable bonds is 3. The van der Waals surface area contributed by atoms with Crippen molar-refractivity contribution in [3.05, 3.63) is 29.3 Å². The van der Waals surface area contributed by atoms with Gasteiger partial charge in [-0.3, -0.25) is 4.79 Å². The van der Waals surface area contributed by atoms with E-state index >= 15 is 0 Å². The van der Waals surface area contributed by atoms with Crippen LogP contribution in [-0.2, 0) is 6.18 Å². The summed E-state index contributed by atoms with van der Waals surface area (Å²) < 4.78 is 38.1. The summed E-state index contributed by atoms with van der Waals surface area (Å²) in [6.45, 7) is 4.63. The van der Waals surface area contributed by atoms with Gasteiger partial charge in [0, 0.05) is 6.54 Å². The first-order valence-corrected chi connectivity index (χ1v) is 6.37. The predicted octanol–water partition coefficient (Wildman–Crippen LogP) is 3.06. The molecule has 1 aliphatic rings. The Morgan fingerprint density at radius 2 is 2.05 bits per heavy atom. The Labute approximate surface area is 115 Å². The first-order valence-electron chi connectivity index (χ1n) is 6.37. The molecule has 0 saturated heterocycles. The summed E-state index contributed by atoms with van der Waals surface area (Å²) in [4.78, 5) is 11.9. The van der Waals surface area contributed by atoms with E-state index in [4.69, 9.17) is 5.73 Å². The predicted molar refractivity (Wildman–Crippen MR) is 70.1 cm³/mol. The summed E-state index contributed by atoms with van der Waals surface area (Å²) in [5, 5.41) is 2.65. The molecule has 1 aromatic rings. The number of carbonyl (C=O) groups excluding carboxylic acids is 1. The van der Waals surface area contributed by atoms with Crippen LogP contribution in [0, 0.1) is 11.3 Å². The van der Waals surface area contributed by atoms with Crippen molar-refractivity contribution in [2.75, 3.05) is 12.3 Å². The molecule has 20 heavy (non-hydrogen) atoms. The van der Waals surface area contributed by atoms with Crippen LogP contribution in [0.15, 0.2) is 18.2 Å². The lowest BCUT2D eigenvalue weighted by Crippen LogP contribution is -2.28. The Hall–Kier alpha value is -1.72. The van der Waals surface area contributed by atoms with Gasteiger partial charge in [-0.25, -0.2) is 0 Å². The largest absolute Gasteiger partial charge is 0.418 e. The molecule has 1 fully saturated rings. The molecule has 0 aromatic heterocycles. The van der Waals surface area contributed by atoms with E-state index in [9.17, 15) is 18.0 Å². The molecule has 0 bridgehead atoms. The first kappa shape index (κ1) is 14.7. The SMILES string of the molecule is CC1(C)CC1CNC(=O)c1cccc(C(F)(F)F)c1N. The molecule has 1 aliphatic carbocycles. The molecule has 110 valence electrons. The standard InChI is InChI=1S/C14H17F3N2O/c1-13(2)6-8(13)7-19-12(20)9-4-3-5-10(11(9)18)14(15,16)17/h3-5,8H,6-7,18H2,1-2H3,(H,19,20). The second kappa shape index (κ2) is 4.68. The van der Waals surface area contributed by atoms with Crippen LogP contribution in [0.4, 0.5) is 18.9 Å². The monoisotopic (exact) mass is 286 g/mol. The van der Waals surface area contributed by atoms with Crippen molar-refractivity contribution in [1.29, 1.82) is 0 Å². The van der Waals surface area contributed by atoms with Crippen molar-refractivity contribution in [3.63, 3.8) is 0 Å². The smallest absolute Gasteiger partial charge is 0.398 e. The van der Waals surface area contributed by atoms with E-state index in [2.05, 4.69) is 19.2 Å². The molecular weight excluding hydrogens is 269 g/mol. The number of nitrogens with one attached hydrogen (secondary N) is 1. The van der Waals surface area contributed by atoms with Crippen molar-refractivity contribution < 1.29 is 18.0 Å². The molecule has 0 aliphatic heterocycles. The summed E-state index contributed by atoms with van der Waals surface area (Å²) in [7, 11) is 0. The Morgan fingerprint density at radius 3 is 2.55 bits per heavy atom. The molecule has 2 rings (SSSR count). The van der Waals surface area contributed by atoms with Crippen molar-refractivity contribution in [1.82, 2.24) is 5.32 Å². The molecule has 0 spiro atoms. The van der Waals surface area contributed by atoms with E-state index in [1.807, 2.05) is 0 Å². The second-order valence-electron chi connectivity index (χ2n) is 5.86. The number of amides is 1. The third kappa shape index (κ3) is 2.89. The van der Waals surface area contributed by atoms with E-state index < -0.39 is 23.3 Å². The fraction of sp³-hybridized carbons (Fsp3) is 0.500. The van der Waals surface area contributed by atoms with E-state index in [0.717, 1.165) is 12.5 Å². The lowest BCUT2D eigenvalue weighted by molar-refractivity contribution is -0.136. The Kier molecular flexibility index (Phi) is 3.44. The minimum Gasteiger partial charge on any atom is -0.398 e. The molecule has 1 unspecified atom stereocenters. The molecule has 0 radical (unpaired) electrons. The van der Waals surface area contributed by atoms with Gasteiger partial charge >= 0.3 is 6.18 Å². The van der Waals surface area contributed by atoms with E-state index in [1.165, 1.54) is 12.1 Å². The van der Waals surface area contributed by atoms with Crippen molar-refractivity contribution in [2.45, 2.75) is 26.4 Å². The Balaban J connectivity index is 2.11. The van der Waals surface area contributed by atoms with Gasteiger partial charge in [0.25, 0.3) is 5.91 Å². The number of benzene rings is 1. The highest BCUT2D eigenvalue weighted by Gasteiger charge is 2.45. The van der Waals surface area contributed by atoms with Gasteiger partial charge in [0.2, 0.25) is 0 Å². The van der Waals surface area contributed by atoms with Gasteiger partial charge in [0.1, 0.15) is 0 Å². The molecular formula is C14H17F3N2O. The number of hydrogen-bond donors (Lipinski definition) is 2. The Bertz CT molecular complexity index is 538. The van der Waals surface area contributed by atoms with Crippen LogP contribution in [0.5, 0.6) is 0 Å². The fourth-order valence-electron chi connectivity index (χ4n) is 2.25. The first-order chi connectivity index (χ1) is 9.13. The summed E-state index contributed by atoms with van der Waals surface area (Å²) in [5.74, 6) is -0.185. The summed E-state index contributed by atoms with van der Waals surface area (Å²) >= 11 is 0. The van der Waals surface area contributed by atoms with Gasteiger partial charge in [-0.05, 0) is 29.9 Å². The number of carbonyl (C=O) groups is 1. The highest BCUT2D eigenvalue weighted by molar-refractivity contribution is 5.99. The number of nitrogen functional groups attached to an aromatic ring is 1. The molecule has 6 heteroatoms. The van der Waals surface area contributed by atoms with Gasteiger partial charge in [-0.1, -0.05) is 19.9 Å². The number of nitrogens with two attached hydrogens (primary N) is 1. The molecule has 1 amide bonds. The van der Waals surface area contributed by atoms with Crippen molar-refractivity contribution >= 4 is 11.6 Å². The lowest BCUT2D eigenvalue weighted by atomic mass is 10.1. The van der Waals surface area contributed by atoms with Gasteiger partial charge in [-0.2, -0.15) is 13.2 Å². The van der Waals surface area contributed by atoms with Crippen LogP contribution < -0.4 is 11.1 Å². The zero-order chi connectivity index (χ0) is 15.1. The highest BCUT2D eigenvalue weighted by Crippen LogP contribution is 2.51. The maximum atomic E-state index is 12.7. The average Bonchev–Trinajstić information content (AvgIpc) is 2.93. The van der Waals surface area contributed by atoms with Crippen LogP contribution in [0.1, 0.15) is 36.2 Å². The molecule has 3 N–H and O–H groups in total. The van der Waals surface area contributed by atoms with Gasteiger partial charge < -0.3 is 11.1 Å². The van der Waals surface area contributed by atoms with Gasteiger partial charge in [-0.15, -0.1) is 0 Å².